The lowest BCUT2D eigenvalue weighted by atomic mass is 10.1. The van der Waals surface area contributed by atoms with Crippen LogP contribution in [-0.4, -0.2) is 16.0 Å². The van der Waals surface area contributed by atoms with E-state index in [9.17, 15) is 9.90 Å². The second-order valence-electron chi connectivity index (χ2n) is 5.77. The number of benzene rings is 2. The van der Waals surface area contributed by atoms with Gasteiger partial charge in [0.2, 0.25) is 5.91 Å². The maximum Gasteiger partial charge on any atom is 0.221 e. The molecule has 3 rings (SSSR count). The van der Waals surface area contributed by atoms with E-state index in [-0.39, 0.29) is 11.7 Å². The standard InChI is InChI=1S/C19H18N2O2S/c1-11-4-6-15(12(2)8-11)19-21-17(10-24-19)14-5-7-18(23)16(9-14)20-13(3)22/h4-10,23H,1-3H3,(H,20,22). The highest BCUT2D eigenvalue weighted by molar-refractivity contribution is 7.13. The van der Waals surface area contributed by atoms with Crippen LogP contribution in [0.4, 0.5) is 5.69 Å². The van der Waals surface area contributed by atoms with Crippen molar-refractivity contribution in [1.29, 1.82) is 0 Å². The van der Waals surface area contributed by atoms with Crippen LogP contribution in [0.5, 0.6) is 5.75 Å². The van der Waals surface area contributed by atoms with Gasteiger partial charge in [-0.2, -0.15) is 0 Å². The van der Waals surface area contributed by atoms with Gasteiger partial charge in [-0.3, -0.25) is 4.79 Å². The SMILES string of the molecule is CC(=O)Nc1cc(-c2csc(-c3ccc(C)cc3C)n2)ccc1O. The Morgan fingerprint density at radius 2 is 1.96 bits per heavy atom. The first-order valence-electron chi connectivity index (χ1n) is 7.58. The molecule has 2 N–H and O–H groups in total. The van der Waals surface area contributed by atoms with E-state index in [0.717, 1.165) is 21.8 Å². The van der Waals surface area contributed by atoms with E-state index in [2.05, 4.69) is 37.4 Å². The Bertz CT molecular complexity index is 915. The van der Waals surface area contributed by atoms with Gasteiger partial charge in [0, 0.05) is 23.4 Å². The third kappa shape index (κ3) is 3.31. The second kappa shape index (κ2) is 6.45. The van der Waals surface area contributed by atoms with Crippen LogP contribution in [0.2, 0.25) is 0 Å². The summed E-state index contributed by atoms with van der Waals surface area (Å²) in [5, 5.41) is 15.4. The number of aromatic nitrogens is 1. The average molecular weight is 338 g/mol. The van der Waals surface area contributed by atoms with E-state index >= 15 is 0 Å². The molecule has 2 aromatic carbocycles. The first-order valence-corrected chi connectivity index (χ1v) is 8.46. The number of carbonyl (C=O) groups is 1. The topological polar surface area (TPSA) is 62.2 Å². The minimum atomic E-state index is -0.225. The number of phenols is 1. The van der Waals surface area contributed by atoms with Crippen LogP contribution in [0.15, 0.2) is 41.8 Å². The van der Waals surface area contributed by atoms with Gasteiger partial charge in [-0.15, -0.1) is 11.3 Å². The van der Waals surface area contributed by atoms with Gasteiger partial charge >= 0.3 is 0 Å². The summed E-state index contributed by atoms with van der Waals surface area (Å²) in [6.45, 7) is 5.57. The third-order valence-corrected chi connectivity index (χ3v) is 4.60. The quantitative estimate of drug-likeness (QED) is 0.677. The fourth-order valence-electron chi connectivity index (χ4n) is 2.57. The van der Waals surface area contributed by atoms with Crippen LogP contribution in [0, 0.1) is 13.8 Å². The van der Waals surface area contributed by atoms with Gasteiger partial charge in [-0.25, -0.2) is 4.98 Å². The summed E-state index contributed by atoms with van der Waals surface area (Å²) in [6.07, 6.45) is 0. The number of hydrogen-bond donors (Lipinski definition) is 2. The zero-order valence-electron chi connectivity index (χ0n) is 13.8. The molecule has 1 amide bonds. The molecule has 1 heterocycles. The first-order chi connectivity index (χ1) is 11.4. The van der Waals surface area contributed by atoms with Crippen molar-refractivity contribution in [3.8, 4) is 27.6 Å². The van der Waals surface area contributed by atoms with Gasteiger partial charge in [0.1, 0.15) is 10.8 Å². The smallest absolute Gasteiger partial charge is 0.221 e. The highest BCUT2D eigenvalue weighted by atomic mass is 32.1. The molecule has 1 aromatic heterocycles. The summed E-state index contributed by atoms with van der Waals surface area (Å²) in [4.78, 5) is 15.9. The van der Waals surface area contributed by atoms with Crippen molar-refractivity contribution in [3.63, 3.8) is 0 Å². The van der Waals surface area contributed by atoms with Crippen LogP contribution in [-0.2, 0) is 4.79 Å². The molecular weight excluding hydrogens is 320 g/mol. The maximum absolute atomic E-state index is 11.2. The van der Waals surface area contributed by atoms with Gasteiger partial charge in [-0.1, -0.05) is 23.8 Å². The predicted octanol–water partition coefficient (Wildman–Crippen LogP) is 4.76. The zero-order chi connectivity index (χ0) is 17.3. The average Bonchev–Trinajstić information content (AvgIpc) is 2.98. The summed E-state index contributed by atoms with van der Waals surface area (Å²) >= 11 is 1.58. The molecule has 0 bridgehead atoms. The maximum atomic E-state index is 11.2. The molecular formula is C19H18N2O2S. The van der Waals surface area contributed by atoms with Crippen molar-refractivity contribution < 1.29 is 9.90 Å². The van der Waals surface area contributed by atoms with E-state index in [0.29, 0.717) is 5.69 Å². The Kier molecular flexibility index (Phi) is 4.36. The van der Waals surface area contributed by atoms with Crippen LogP contribution in [0.25, 0.3) is 21.8 Å². The van der Waals surface area contributed by atoms with Crippen molar-refractivity contribution in [1.82, 2.24) is 4.98 Å². The van der Waals surface area contributed by atoms with E-state index in [1.54, 1.807) is 29.5 Å². The van der Waals surface area contributed by atoms with Crippen molar-refractivity contribution in [2.24, 2.45) is 0 Å². The number of aromatic hydroxyl groups is 1. The van der Waals surface area contributed by atoms with Gasteiger partial charge in [0.05, 0.1) is 11.4 Å². The van der Waals surface area contributed by atoms with Crippen LogP contribution >= 0.6 is 11.3 Å². The Hall–Kier alpha value is -2.66. The number of rotatable bonds is 3. The number of carbonyl (C=O) groups excluding carboxylic acids is 1. The molecule has 122 valence electrons. The summed E-state index contributed by atoms with van der Waals surface area (Å²) in [6, 6.07) is 11.4. The highest BCUT2D eigenvalue weighted by Gasteiger charge is 2.11. The number of thiazole rings is 1. The Morgan fingerprint density at radius 1 is 1.17 bits per heavy atom. The molecule has 0 unspecified atom stereocenters. The van der Waals surface area contributed by atoms with Gasteiger partial charge in [0.25, 0.3) is 0 Å². The summed E-state index contributed by atoms with van der Waals surface area (Å²) in [7, 11) is 0. The monoisotopic (exact) mass is 338 g/mol. The van der Waals surface area contributed by atoms with Gasteiger partial charge in [-0.05, 0) is 37.6 Å². The lowest BCUT2D eigenvalue weighted by Gasteiger charge is -2.07. The normalized spacial score (nSPS) is 10.6. The predicted molar refractivity (Wildman–Crippen MR) is 98.4 cm³/mol. The van der Waals surface area contributed by atoms with E-state index < -0.39 is 0 Å². The van der Waals surface area contributed by atoms with Crippen LogP contribution < -0.4 is 5.32 Å². The summed E-state index contributed by atoms with van der Waals surface area (Å²) in [5.74, 6) is -0.185. The molecule has 4 nitrogen and oxygen atoms in total. The fourth-order valence-corrected chi connectivity index (χ4v) is 3.49. The Labute approximate surface area is 144 Å². The molecule has 0 aliphatic heterocycles. The largest absolute Gasteiger partial charge is 0.506 e. The number of aryl methyl sites for hydroxylation is 2. The van der Waals surface area contributed by atoms with E-state index in [1.165, 1.54) is 18.1 Å². The third-order valence-electron chi connectivity index (χ3n) is 3.72. The minimum absolute atomic E-state index is 0.0405. The lowest BCUT2D eigenvalue weighted by molar-refractivity contribution is -0.114. The molecule has 0 aliphatic carbocycles. The van der Waals surface area contributed by atoms with Gasteiger partial charge < -0.3 is 10.4 Å². The molecule has 24 heavy (non-hydrogen) atoms. The molecule has 0 saturated carbocycles. The van der Waals surface area contributed by atoms with Crippen molar-refractivity contribution in [2.45, 2.75) is 20.8 Å². The summed E-state index contributed by atoms with van der Waals surface area (Å²) in [5.41, 5.74) is 5.61. The molecule has 0 fully saturated rings. The van der Waals surface area contributed by atoms with E-state index in [4.69, 9.17) is 4.98 Å². The number of phenolic OH excluding ortho intramolecular Hbond substituents is 1. The molecule has 0 saturated heterocycles. The van der Waals surface area contributed by atoms with Crippen molar-refractivity contribution in [3.05, 3.63) is 52.9 Å². The van der Waals surface area contributed by atoms with Crippen LogP contribution in [0.3, 0.4) is 0 Å². The number of nitrogens with one attached hydrogen (secondary N) is 1. The number of amides is 1. The van der Waals surface area contributed by atoms with E-state index in [1.807, 2.05) is 5.38 Å². The Balaban J connectivity index is 1.97. The second-order valence-corrected chi connectivity index (χ2v) is 6.63. The highest BCUT2D eigenvalue weighted by Crippen LogP contribution is 2.34. The first kappa shape index (κ1) is 16.2. The zero-order valence-corrected chi connectivity index (χ0v) is 14.6. The van der Waals surface area contributed by atoms with Crippen molar-refractivity contribution >= 4 is 22.9 Å². The summed E-state index contributed by atoms with van der Waals surface area (Å²) < 4.78 is 0. The molecule has 0 radical (unpaired) electrons. The van der Waals surface area contributed by atoms with Crippen LogP contribution in [0.1, 0.15) is 18.1 Å². The molecule has 3 aromatic rings. The minimum Gasteiger partial charge on any atom is -0.506 e. The fraction of sp³-hybridized carbons (Fsp3) is 0.158. The molecule has 0 aliphatic rings. The Morgan fingerprint density at radius 3 is 2.67 bits per heavy atom. The molecule has 0 atom stereocenters. The number of nitrogens with zero attached hydrogens (tertiary/aromatic N) is 1. The number of anilines is 1. The van der Waals surface area contributed by atoms with Crippen molar-refractivity contribution in [2.75, 3.05) is 5.32 Å². The lowest BCUT2D eigenvalue weighted by Crippen LogP contribution is -2.05. The molecule has 5 heteroatoms. The number of hydrogen-bond acceptors (Lipinski definition) is 4. The van der Waals surface area contributed by atoms with Gasteiger partial charge in [0.15, 0.2) is 0 Å². The molecule has 0 spiro atoms.